The van der Waals surface area contributed by atoms with Crippen molar-refractivity contribution in [3.05, 3.63) is 69.8 Å². The number of aliphatic imine (C=N–C) groups is 1. The van der Waals surface area contributed by atoms with E-state index in [-0.39, 0.29) is 27.6 Å². The lowest BCUT2D eigenvalue weighted by atomic mass is 9.92. The maximum Gasteiger partial charge on any atom is 0.416 e. The Labute approximate surface area is 227 Å². The Kier molecular flexibility index (Phi) is 7.38. The van der Waals surface area contributed by atoms with Crippen molar-refractivity contribution in [1.29, 1.82) is 0 Å². The van der Waals surface area contributed by atoms with Gasteiger partial charge in [0.25, 0.3) is 5.91 Å². The van der Waals surface area contributed by atoms with Crippen LogP contribution in [0.15, 0.2) is 52.5 Å². The van der Waals surface area contributed by atoms with Crippen LogP contribution in [-0.4, -0.2) is 51.7 Å². The molecule has 1 aromatic heterocycles. The number of rotatable bonds is 6. The van der Waals surface area contributed by atoms with Gasteiger partial charge >= 0.3 is 12.4 Å². The number of amides is 2. The lowest BCUT2D eigenvalue weighted by Gasteiger charge is -2.18. The number of allylic oxidation sites excluding steroid dienone is 1. The van der Waals surface area contributed by atoms with Gasteiger partial charge in [0.2, 0.25) is 5.91 Å². The Bertz CT molecular complexity index is 1540. The fourth-order valence-corrected chi connectivity index (χ4v) is 5.56. The molecule has 3 aromatic rings. The Morgan fingerprint density at radius 2 is 1.85 bits per heavy atom. The smallest absolute Gasteiger partial charge is 0.362 e. The molecule has 0 bridgehead atoms. The van der Waals surface area contributed by atoms with Gasteiger partial charge in [0, 0.05) is 31.4 Å². The van der Waals surface area contributed by atoms with E-state index in [1.54, 1.807) is 23.1 Å². The number of hydrogen-bond donors (Lipinski definition) is 2. The molecule has 5 rings (SSSR count). The van der Waals surface area contributed by atoms with Crippen molar-refractivity contribution in [1.82, 2.24) is 20.4 Å². The summed E-state index contributed by atoms with van der Waals surface area (Å²) in [6, 6.07) is 6.35. The fraction of sp³-hybridized carbons (Fsp3) is 0.308. The second kappa shape index (κ2) is 10.6. The summed E-state index contributed by atoms with van der Waals surface area (Å²) in [6.45, 7) is 1.35. The molecule has 0 saturated carbocycles. The van der Waals surface area contributed by atoms with E-state index < -0.39 is 41.4 Å². The second-order valence-corrected chi connectivity index (χ2v) is 10.3. The molecule has 210 valence electrons. The number of aromatic nitrogens is 2. The first-order chi connectivity index (χ1) is 18.9. The van der Waals surface area contributed by atoms with Gasteiger partial charge in [-0.2, -0.15) is 36.4 Å². The number of nitrogens with zero attached hydrogens (tertiary/aromatic N) is 3. The van der Waals surface area contributed by atoms with Crippen molar-refractivity contribution in [3.8, 4) is 0 Å². The predicted octanol–water partition coefficient (Wildman–Crippen LogP) is 5.40. The van der Waals surface area contributed by atoms with E-state index in [0.717, 1.165) is 24.2 Å². The summed E-state index contributed by atoms with van der Waals surface area (Å²) in [5.41, 5.74) is -2.04. The van der Waals surface area contributed by atoms with Gasteiger partial charge in [-0.15, -0.1) is 0 Å². The Hall–Kier alpha value is -3.81. The summed E-state index contributed by atoms with van der Waals surface area (Å²) in [5, 5.41) is 10.5. The summed E-state index contributed by atoms with van der Waals surface area (Å²) >= 11 is 0.933. The summed E-state index contributed by atoms with van der Waals surface area (Å²) in [7, 11) is 0. The highest BCUT2D eigenvalue weighted by atomic mass is 32.2. The molecule has 2 aliphatic heterocycles. The summed E-state index contributed by atoms with van der Waals surface area (Å²) in [4.78, 5) is 30.5. The molecule has 7 nitrogen and oxygen atoms in total. The third kappa shape index (κ3) is 5.86. The van der Waals surface area contributed by atoms with Crippen LogP contribution in [-0.2, 0) is 28.4 Å². The molecule has 1 fully saturated rings. The molecule has 0 spiro atoms. The second-order valence-electron chi connectivity index (χ2n) is 9.26. The van der Waals surface area contributed by atoms with E-state index in [9.17, 15) is 35.9 Å². The number of hydrogen-bond acceptors (Lipinski definition) is 5. The van der Waals surface area contributed by atoms with E-state index >= 15 is 0 Å². The molecule has 0 aliphatic carbocycles. The number of carbonyl (C=O) groups excluding carboxylic acids is 2. The third-order valence-electron chi connectivity index (χ3n) is 6.60. The van der Waals surface area contributed by atoms with E-state index in [2.05, 4.69) is 20.5 Å². The maximum absolute atomic E-state index is 13.9. The van der Waals surface area contributed by atoms with Gasteiger partial charge in [0.1, 0.15) is 0 Å². The molecule has 0 radical (unpaired) electrons. The molecule has 0 unspecified atom stereocenters. The largest absolute Gasteiger partial charge is 0.416 e. The number of halogens is 6. The molecule has 1 saturated heterocycles. The number of benzene rings is 2. The monoisotopic (exact) mass is 581 g/mol. The average molecular weight is 582 g/mol. The van der Waals surface area contributed by atoms with Crippen LogP contribution in [0.4, 0.5) is 26.3 Å². The van der Waals surface area contributed by atoms with Gasteiger partial charge in [-0.05, 0) is 65.6 Å². The molecule has 3 heterocycles. The zero-order chi connectivity index (χ0) is 28.7. The number of nitrogens with one attached hydrogen (secondary N) is 2. The third-order valence-corrected chi connectivity index (χ3v) is 7.65. The fourth-order valence-electron chi connectivity index (χ4n) is 4.62. The molecule has 2 aliphatic rings. The van der Waals surface area contributed by atoms with Crippen molar-refractivity contribution in [2.45, 2.75) is 31.6 Å². The van der Waals surface area contributed by atoms with Gasteiger partial charge in [-0.1, -0.05) is 12.1 Å². The van der Waals surface area contributed by atoms with Crippen LogP contribution in [0, 0.1) is 0 Å². The first-order valence-corrected chi connectivity index (χ1v) is 13.0. The summed E-state index contributed by atoms with van der Waals surface area (Å²) in [6.07, 6.45) is -7.74. The first kappa shape index (κ1) is 27.7. The van der Waals surface area contributed by atoms with Crippen LogP contribution >= 0.6 is 11.8 Å². The Morgan fingerprint density at radius 3 is 2.55 bits per heavy atom. The van der Waals surface area contributed by atoms with E-state index in [4.69, 9.17) is 0 Å². The summed E-state index contributed by atoms with van der Waals surface area (Å²) in [5.74, 6) is -0.652. The quantitative estimate of drug-likeness (QED) is 0.301. The topological polar surface area (TPSA) is 90.5 Å². The first-order valence-electron chi connectivity index (χ1n) is 12.2. The van der Waals surface area contributed by atoms with Gasteiger partial charge < -0.3 is 10.2 Å². The highest BCUT2D eigenvalue weighted by molar-refractivity contribution is 8.18. The van der Waals surface area contributed by atoms with Gasteiger partial charge in [0.15, 0.2) is 5.17 Å². The van der Waals surface area contributed by atoms with E-state index in [1.165, 1.54) is 6.20 Å². The van der Waals surface area contributed by atoms with Gasteiger partial charge in [-0.25, -0.2) is 0 Å². The molecule has 2 aromatic carbocycles. The van der Waals surface area contributed by atoms with E-state index in [0.29, 0.717) is 48.6 Å². The summed E-state index contributed by atoms with van der Waals surface area (Å²) < 4.78 is 81.4. The number of H-pyrrole nitrogens is 1. The molecule has 40 heavy (non-hydrogen) atoms. The van der Waals surface area contributed by atoms with Crippen LogP contribution in [0.2, 0.25) is 0 Å². The number of alkyl halides is 6. The number of aromatic amines is 1. The normalized spacial score (nSPS) is 17.6. The van der Waals surface area contributed by atoms with Crippen molar-refractivity contribution < 1.29 is 35.9 Å². The predicted molar refractivity (Wildman–Crippen MR) is 137 cm³/mol. The average Bonchev–Trinajstić information content (AvgIpc) is 3.61. The number of fused-ring (bicyclic) bond motifs is 1. The molecule has 2 amide bonds. The highest BCUT2D eigenvalue weighted by Crippen LogP contribution is 2.41. The van der Waals surface area contributed by atoms with Gasteiger partial charge in [0.05, 0.1) is 27.7 Å². The molecule has 2 N–H and O–H groups in total. The van der Waals surface area contributed by atoms with Crippen LogP contribution in [0.3, 0.4) is 0 Å². The van der Waals surface area contributed by atoms with Gasteiger partial charge in [-0.3, -0.25) is 14.7 Å². The van der Waals surface area contributed by atoms with Crippen LogP contribution in [0.25, 0.3) is 16.5 Å². The van der Waals surface area contributed by atoms with Crippen molar-refractivity contribution in [3.63, 3.8) is 0 Å². The van der Waals surface area contributed by atoms with Crippen LogP contribution in [0.5, 0.6) is 0 Å². The molecule has 14 heteroatoms. The molecular weight excluding hydrogens is 560 g/mol. The zero-order valence-corrected chi connectivity index (χ0v) is 21.4. The van der Waals surface area contributed by atoms with Crippen LogP contribution in [0.1, 0.15) is 35.1 Å². The minimum atomic E-state index is -5.07. The minimum absolute atomic E-state index is 0.0356. The van der Waals surface area contributed by atoms with Crippen molar-refractivity contribution in [2.75, 3.05) is 19.6 Å². The Balaban J connectivity index is 1.49. The molecular formula is C26H21F6N5O2S. The van der Waals surface area contributed by atoms with Crippen molar-refractivity contribution >= 4 is 45.2 Å². The molecule has 0 atom stereocenters. The standard InChI is InChI=1S/C26H21F6N5O2S/c27-25(28,29)17-5-3-15(19(12-17)26(30,31)32)11-18(14-4-6-20-16(10-14)13-34-36-20)22-23(39)35-24(40-22)33-7-9-37-8-1-2-21(37)38/h3-6,10,12-13H,1-2,7-9,11H2,(H,34,36)(H,33,35,39). The maximum atomic E-state index is 13.9. The Morgan fingerprint density at radius 1 is 1.05 bits per heavy atom. The highest BCUT2D eigenvalue weighted by Gasteiger charge is 2.38. The minimum Gasteiger partial charge on any atom is -0.362 e. The van der Waals surface area contributed by atoms with Crippen LogP contribution < -0.4 is 5.32 Å². The SMILES string of the molecule is O=C1N=C(NCCN2CCCC2=O)SC1=C(Cc1ccc(C(F)(F)F)cc1C(F)(F)F)c1ccc2[nH]ncc2c1. The van der Waals surface area contributed by atoms with E-state index in [1.807, 2.05) is 0 Å². The zero-order valence-electron chi connectivity index (χ0n) is 20.6. The number of amidine groups is 1. The number of likely N-dealkylation sites (tertiary alicyclic amines) is 1. The van der Waals surface area contributed by atoms with Crippen molar-refractivity contribution in [2.24, 2.45) is 4.99 Å². The lowest BCUT2D eigenvalue weighted by molar-refractivity contribution is -0.143. The lowest BCUT2D eigenvalue weighted by Crippen LogP contribution is -2.34. The number of carbonyl (C=O) groups is 2. The number of thioether (sulfide) groups is 1.